The van der Waals surface area contributed by atoms with Crippen molar-refractivity contribution < 1.29 is 17.3 Å². The summed E-state index contributed by atoms with van der Waals surface area (Å²) in [7, 11) is -3.65. The summed E-state index contributed by atoms with van der Waals surface area (Å²) in [5.41, 5.74) is 1.92. The second kappa shape index (κ2) is 6.59. The Morgan fingerprint density at radius 3 is 2.85 bits per heavy atom. The Morgan fingerprint density at radius 1 is 1.23 bits per heavy atom. The molecule has 0 radical (unpaired) electrons. The molecule has 1 N–H and O–H groups in total. The fourth-order valence-corrected chi connectivity index (χ4v) is 4.75. The topological polar surface area (TPSA) is 64.6 Å². The molecule has 2 aliphatic rings. The van der Waals surface area contributed by atoms with Crippen molar-refractivity contribution in [3.63, 3.8) is 0 Å². The number of rotatable bonds is 5. The molecule has 0 aromatic heterocycles. The smallest absolute Gasteiger partial charge is 0.309 e. The molecule has 0 saturated carbocycles. The fraction of sp³-hybridized carbons (Fsp3) is 0.400. The summed E-state index contributed by atoms with van der Waals surface area (Å²) in [4.78, 5) is 0. The SMILES string of the molecule is CC12CCNCC1Oc1ccc(OS(=O)(=O)CCc3ccccc3)cc12. The van der Waals surface area contributed by atoms with E-state index in [1.165, 1.54) is 0 Å². The van der Waals surface area contributed by atoms with E-state index in [1.54, 1.807) is 6.07 Å². The first-order valence-electron chi connectivity index (χ1n) is 8.94. The van der Waals surface area contributed by atoms with E-state index < -0.39 is 10.1 Å². The molecule has 26 heavy (non-hydrogen) atoms. The molecule has 4 rings (SSSR count). The average molecular weight is 373 g/mol. The Bertz CT molecular complexity index is 897. The molecule has 1 saturated heterocycles. The quantitative estimate of drug-likeness (QED) is 0.817. The van der Waals surface area contributed by atoms with Crippen LogP contribution in [0.4, 0.5) is 0 Å². The third-order valence-corrected chi connectivity index (χ3v) is 6.55. The van der Waals surface area contributed by atoms with E-state index in [0.29, 0.717) is 12.2 Å². The number of nitrogens with one attached hydrogen (secondary N) is 1. The van der Waals surface area contributed by atoms with Crippen molar-refractivity contribution in [2.75, 3.05) is 18.8 Å². The molecule has 2 heterocycles. The molecule has 2 aromatic rings. The lowest BCUT2D eigenvalue weighted by molar-refractivity contribution is 0.124. The van der Waals surface area contributed by atoms with Crippen LogP contribution < -0.4 is 14.2 Å². The van der Waals surface area contributed by atoms with Gasteiger partial charge >= 0.3 is 10.1 Å². The van der Waals surface area contributed by atoms with Gasteiger partial charge in [0.05, 0.1) is 5.75 Å². The van der Waals surface area contributed by atoms with E-state index in [-0.39, 0.29) is 17.3 Å². The molecule has 138 valence electrons. The van der Waals surface area contributed by atoms with Gasteiger partial charge in [0.25, 0.3) is 0 Å². The highest BCUT2D eigenvalue weighted by atomic mass is 32.2. The zero-order chi connectivity index (χ0) is 18.2. The normalized spacial score (nSPS) is 24.4. The van der Waals surface area contributed by atoms with Gasteiger partial charge in [0, 0.05) is 17.5 Å². The van der Waals surface area contributed by atoms with Crippen LogP contribution >= 0.6 is 0 Å². The summed E-state index contributed by atoms with van der Waals surface area (Å²) in [6, 6.07) is 14.9. The largest absolute Gasteiger partial charge is 0.488 e. The zero-order valence-electron chi connectivity index (χ0n) is 14.8. The van der Waals surface area contributed by atoms with Crippen molar-refractivity contribution in [2.45, 2.75) is 31.3 Å². The molecule has 2 aliphatic heterocycles. The first-order chi connectivity index (χ1) is 12.5. The molecule has 0 spiro atoms. The maximum Gasteiger partial charge on any atom is 0.309 e. The van der Waals surface area contributed by atoms with Crippen LogP contribution in [-0.2, 0) is 22.0 Å². The zero-order valence-corrected chi connectivity index (χ0v) is 15.6. The van der Waals surface area contributed by atoms with Crippen molar-refractivity contribution >= 4 is 10.1 Å². The number of fused-ring (bicyclic) bond motifs is 3. The van der Waals surface area contributed by atoms with Gasteiger partial charge in [-0.05, 0) is 43.1 Å². The lowest BCUT2D eigenvalue weighted by Crippen LogP contribution is -2.49. The molecule has 6 heteroatoms. The molecule has 2 atom stereocenters. The van der Waals surface area contributed by atoms with Gasteiger partial charge in [-0.1, -0.05) is 37.3 Å². The number of piperidine rings is 1. The minimum absolute atomic E-state index is 0.0472. The van der Waals surface area contributed by atoms with Gasteiger partial charge in [-0.15, -0.1) is 0 Å². The summed E-state index contributed by atoms with van der Waals surface area (Å²) in [5.74, 6) is 1.14. The van der Waals surface area contributed by atoms with Gasteiger partial charge < -0.3 is 14.2 Å². The predicted molar refractivity (Wildman–Crippen MR) is 100 cm³/mol. The number of hydrogen-bond acceptors (Lipinski definition) is 5. The van der Waals surface area contributed by atoms with Crippen LogP contribution in [0, 0.1) is 0 Å². The van der Waals surface area contributed by atoms with Crippen molar-refractivity contribution in [3.8, 4) is 11.5 Å². The Kier molecular flexibility index (Phi) is 4.40. The van der Waals surface area contributed by atoms with Gasteiger partial charge in [-0.2, -0.15) is 8.42 Å². The van der Waals surface area contributed by atoms with E-state index >= 15 is 0 Å². The van der Waals surface area contributed by atoms with Crippen LogP contribution in [0.1, 0.15) is 24.5 Å². The highest BCUT2D eigenvalue weighted by molar-refractivity contribution is 7.87. The molecular formula is C20H23NO4S. The Balaban J connectivity index is 1.50. The van der Waals surface area contributed by atoms with E-state index in [9.17, 15) is 8.42 Å². The van der Waals surface area contributed by atoms with Crippen LogP contribution in [0.15, 0.2) is 48.5 Å². The summed E-state index contributed by atoms with van der Waals surface area (Å²) >= 11 is 0. The van der Waals surface area contributed by atoms with E-state index in [0.717, 1.165) is 36.4 Å². The average Bonchev–Trinajstić information content (AvgIpc) is 2.93. The predicted octanol–water partition coefficient (Wildman–Crippen LogP) is 2.65. The summed E-state index contributed by atoms with van der Waals surface area (Å²) in [5, 5.41) is 3.35. The third kappa shape index (κ3) is 3.31. The standard InChI is InChI=1S/C20H23NO4S/c1-20-10-11-21-14-19(20)24-18-8-7-16(13-17(18)20)25-26(22,23)12-9-15-5-3-2-4-6-15/h2-8,13,19,21H,9-12,14H2,1H3. The van der Waals surface area contributed by atoms with Gasteiger partial charge in [-0.3, -0.25) is 0 Å². The van der Waals surface area contributed by atoms with Crippen LogP contribution in [0.3, 0.4) is 0 Å². The molecule has 2 aromatic carbocycles. The lowest BCUT2D eigenvalue weighted by atomic mass is 9.74. The van der Waals surface area contributed by atoms with Crippen LogP contribution in [-0.4, -0.2) is 33.4 Å². The molecule has 2 unspecified atom stereocenters. The molecule has 0 aliphatic carbocycles. The number of benzene rings is 2. The van der Waals surface area contributed by atoms with Crippen LogP contribution in [0.2, 0.25) is 0 Å². The van der Waals surface area contributed by atoms with Crippen LogP contribution in [0.25, 0.3) is 0 Å². The summed E-state index contributed by atoms with van der Waals surface area (Å²) < 4.78 is 36.2. The number of ether oxygens (including phenoxy) is 1. The first kappa shape index (κ1) is 17.4. The van der Waals surface area contributed by atoms with E-state index in [2.05, 4.69) is 12.2 Å². The maximum absolute atomic E-state index is 12.4. The van der Waals surface area contributed by atoms with E-state index in [1.807, 2.05) is 42.5 Å². The van der Waals surface area contributed by atoms with Crippen molar-refractivity contribution in [3.05, 3.63) is 59.7 Å². The molecule has 1 fully saturated rings. The van der Waals surface area contributed by atoms with E-state index in [4.69, 9.17) is 8.92 Å². The van der Waals surface area contributed by atoms with Crippen molar-refractivity contribution in [2.24, 2.45) is 0 Å². The Morgan fingerprint density at radius 2 is 2.04 bits per heavy atom. The fourth-order valence-electron chi connectivity index (χ4n) is 3.79. The second-order valence-electron chi connectivity index (χ2n) is 7.22. The molecule has 0 bridgehead atoms. The molecular weight excluding hydrogens is 350 g/mol. The molecule has 0 amide bonds. The van der Waals surface area contributed by atoms with Gasteiger partial charge in [-0.25, -0.2) is 0 Å². The molecule has 5 nitrogen and oxygen atoms in total. The minimum atomic E-state index is -3.65. The number of aryl methyl sites for hydroxylation is 1. The van der Waals surface area contributed by atoms with Gasteiger partial charge in [0.1, 0.15) is 17.6 Å². The van der Waals surface area contributed by atoms with Crippen molar-refractivity contribution in [1.29, 1.82) is 0 Å². The highest BCUT2D eigenvalue weighted by Gasteiger charge is 2.46. The summed E-state index contributed by atoms with van der Waals surface area (Å²) in [6.45, 7) is 3.91. The maximum atomic E-state index is 12.4. The monoisotopic (exact) mass is 373 g/mol. The summed E-state index contributed by atoms with van der Waals surface area (Å²) in [6.07, 6.45) is 1.47. The third-order valence-electron chi connectivity index (χ3n) is 5.40. The Hall–Kier alpha value is -2.05. The second-order valence-corrected chi connectivity index (χ2v) is 8.91. The Labute approximate surface area is 154 Å². The van der Waals surface area contributed by atoms with Gasteiger partial charge in [0.2, 0.25) is 0 Å². The number of hydrogen-bond donors (Lipinski definition) is 1. The van der Waals surface area contributed by atoms with Crippen molar-refractivity contribution in [1.82, 2.24) is 5.32 Å². The lowest BCUT2D eigenvalue weighted by Gasteiger charge is -2.35. The minimum Gasteiger partial charge on any atom is -0.488 e. The first-order valence-corrected chi connectivity index (χ1v) is 10.5. The van der Waals surface area contributed by atoms with Crippen LogP contribution in [0.5, 0.6) is 11.5 Å². The van der Waals surface area contributed by atoms with Gasteiger partial charge in [0.15, 0.2) is 0 Å². The highest BCUT2D eigenvalue weighted by Crippen LogP contribution is 2.47.